The van der Waals surface area contributed by atoms with Crippen LogP contribution in [-0.4, -0.2) is 14.1 Å². The van der Waals surface area contributed by atoms with Crippen LogP contribution < -0.4 is 10.6 Å². The molecular formula is C16H22N2. The van der Waals surface area contributed by atoms with Crippen LogP contribution in [0.4, 0.5) is 11.4 Å². The van der Waals surface area contributed by atoms with Crippen molar-refractivity contribution in [3.8, 4) is 0 Å². The summed E-state index contributed by atoms with van der Waals surface area (Å²) in [5.41, 5.74) is 10.1. The highest BCUT2D eigenvalue weighted by atomic mass is 15.1. The van der Waals surface area contributed by atoms with Gasteiger partial charge >= 0.3 is 0 Å². The summed E-state index contributed by atoms with van der Waals surface area (Å²) in [6.07, 6.45) is 0. The van der Waals surface area contributed by atoms with E-state index in [-0.39, 0.29) is 0 Å². The van der Waals surface area contributed by atoms with Gasteiger partial charge in [0.05, 0.1) is 0 Å². The Morgan fingerprint density at radius 2 is 1.44 bits per heavy atom. The van der Waals surface area contributed by atoms with E-state index in [9.17, 15) is 0 Å². The van der Waals surface area contributed by atoms with Gasteiger partial charge in [-0.2, -0.15) is 0 Å². The molecule has 2 nitrogen and oxygen atoms in total. The second kappa shape index (κ2) is 6.70. The third-order valence-corrected chi connectivity index (χ3v) is 2.60. The Hall–Kier alpha value is -1.96. The fourth-order valence-electron chi connectivity index (χ4n) is 1.47. The van der Waals surface area contributed by atoms with Crippen LogP contribution in [0.3, 0.4) is 0 Å². The van der Waals surface area contributed by atoms with E-state index in [1.54, 1.807) is 0 Å². The van der Waals surface area contributed by atoms with Crippen molar-refractivity contribution in [2.75, 3.05) is 24.7 Å². The lowest BCUT2D eigenvalue weighted by Gasteiger charge is -2.11. The molecule has 0 aliphatic heterocycles. The lowest BCUT2D eigenvalue weighted by Crippen LogP contribution is -2.08. The van der Waals surface area contributed by atoms with Crippen molar-refractivity contribution in [1.82, 2.24) is 0 Å². The average molecular weight is 242 g/mol. The number of hydrogen-bond acceptors (Lipinski definition) is 2. The molecule has 0 radical (unpaired) electrons. The molecular weight excluding hydrogens is 220 g/mol. The molecule has 18 heavy (non-hydrogen) atoms. The fourth-order valence-corrected chi connectivity index (χ4v) is 1.47. The number of aryl methyl sites for hydroxylation is 2. The van der Waals surface area contributed by atoms with Crippen molar-refractivity contribution in [3.05, 3.63) is 59.7 Å². The summed E-state index contributed by atoms with van der Waals surface area (Å²) in [4.78, 5) is 2.10. The third kappa shape index (κ3) is 4.91. The Kier molecular flexibility index (Phi) is 5.25. The molecule has 96 valence electrons. The topological polar surface area (TPSA) is 29.3 Å². The first kappa shape index (κ1) is 14.1. The molecule has 0 spiro atoms. The number of nitrogens with two attached hydrogens (primary N) is 1. The monoisotopic (exact) mass is 242 g/mol. The van der Waals surface area contributed by atoms with E-state index < -0.39 is 0 Å². The minimum atomic E-state index is 0.829. The van der Waals surface area contributed by atoms with E-state index in [2.05, 4.69) is 50.2 Å². The van der Waals surface area contributed by atoms with Crippen LogP contribution in [0.1, 0.15) is 11.1 Å². The zero-order valence-electron chi connectivity index (χ0n) is 11.6. The van der Waals surface area contributed by atoms with Crippen molar-refractivity contribution in [2.45, 2.75) is 13.8 Å². The zero-order valence-corrected chi connectivity index (χ0v) is 11.6. The highest BCUT2D eigenvalue weighted by Gasteiger charge is 1.91. The van der Waals surface area contributed by atoms with Crippen molar-refractivity contribution in [2.24, 2.45) is 0 Å². The Balaban J connectivity index is 0.000000184. The predicted molar refractivity (Wildman–Crippen MR) is 81.1 cm³/mol. The predicted octanol–water partition coefficient (Wildman–Crippen LogP) is 3.64. The maximum Gasteiger partial charge on any atom is 0.0363 e. The van der Waals surface area contributed by atoms with Gasteiger partial charge in [0.1, 0.15) is 0 Å². The van der Waals surface area contributed by atoms with Crippen LogP contribution in [-0.2, 0) is 0 Å². The van der Waals surface area contributed by atoms with Gasteiger partial charge in [0.25, 0.3) is 0 Å². The Bertz CT molecular complexity index is 452. The zero-order chi connectivity index (χ0) is 13.5. The van der Waals surface area contributed by atoms with Gasteiger partial charge in [-0.15, -0.1) is 0 Å². The van der Waals surface area contributed by atoms with E-state index in [1.165, 1.54) is 16.8 Å². The molecule has 2 rings (SSSR count). The molecule has 0 aliphatic carbocycles. The maximum absolute atomic E-state index is 5.43. The molecule has 0 saturated carbocycles. The molecule has 2 heteroatoms. The van der Waals surface area contributed by atoms with Crippen molar-refractivity contribution in [3.63, 3.8) is 0 Å². The molecule has 2 aromatic carbocycles. The molecule has 0 bridgehead atoms. The first-order valence-electron chi connectivity index (χ1n) is 6.05. The largest absolute Gasteiger partial charge is 0.399 e. The first-order chi connectivity index (χ1) is 8.49. The number of benzene rings is 2. The Labute approximate surface area is 110 Å². The number of nitrogens with zero attached hydrogens (tertiary/aromatic N) is 1. The molecule has 0 atom stereocenters. The summed E-state index contributed by atoms with van der Waals surface area (Å²) < 4.78 is 0. The van der Waals surface area contributed by atoms with Gasteiger partial charge in [0, 0.05) is 25.5 Å². The maximum atomic E-state index is 5.43. The van der Waals surface area contributed by atoms with Gasteiger partial charge in [-0.1, -0.05) is 29.8 Å². The van der Waals surface area contributed by atoms with E-state index in [1.807, 2.05) is 31.2 Å². The van der Waals surface area contributed by atoms with E-state index in [0.29, 0.717) is 0 Å². The highest BCUT2D eigenvalue weighted by molar-refractivity contribution is 5.46. The van der Waals surface area contributed by atoms with Gasteiger partial charge in [-0.05, 0) is 43.7 Å². The highest BCUT2D eigenvalue weighted by Crippen LogP contribution is 2.11. The van der Waals surface area contributed by atoms with Crippen LogP contribution in [0, 0.1) is 13.8 Å². The van der Waals surface area contributed by atoms with E-state index in [0.717, 1.165) is 5.69 Å². The fraction of sp³-hybridized carbons (Fsp3) is 0.250. The molecule has 2 N–H and O–H groups in total. The van der Waals surface area contributed by atoms with Crippen LogP contribution in [0.5, 0.6) is 0 Å². The lowest BCUT2D eigenvalue weighted by molar-refractivity contribution is 1.13. The van der Waals surface area contributed by atoms with Crippen molar-refractivity contribution >= 4 is 11.4 Å². The van der Waals surface area contributed by atoms with Crippen LogP contribution in [0.15, 0.2) is 48.5 Å². The van der Waals surface area contributed by atoms with E-state index in [4.69, 9.17) is 5.73 Å². The molecule has 0 fully saturated rings. The Morgan fingerprint density at radius 3 is 1.83 bits per heavy atom. The lowest BCUT2D eigenvalue weighted by atomic mass is 10.2. The van der Waals surface area contributed by atoms with Crippen LogP contribution >= 0.6 is 0 Å². The molecule has 0 heterocycles. The minimum absolute atomic E-state index is 0.829. The van der Waals surface area contributed by atoms with Gasteiger partial charge in [-0.3, -0.25) is 0 Å². The molecule has 2 aromatic rings. The van der Waals surface area contributed by atoms with Gasteiger partial charge in [-0.25, -0.2) is 0 Å². The number of rotatable bonds is 1. The van der Waals surface area contributed by atoms with Gasteiger partial charge in [0.2, 0.25) is 0 Å². The average Bonchev–Trinajstić information content (AvgIpc) is 2.34. The van der Waals surface area contributed by atoms with Gasteiger partial charge < -0.3 is 10.6 Å². The summed E-state index contributed by atoms with van der Waals surface area (Å²) >= 11 is 0. The van der Waals surface area contributed by atoms with Gasteiger partial charge in [0.15, 0.2) is 0 Å². The second-order valence-corrected chi connectivity index (χ2v) is 4.64. The van der Waals surface area contributed by atoms with E-state index >= 15 is 0 Å². The SMILES string of the molecule is Cc1ccc(N)cc1.Cc1cccc(N(C)C)c1. The first-order valence-corrected chi connectivity index (χ1v) is 6.05. The molecule has 0 aromatic heterocycles. The van der Waals surface area contributed by atoms with Crippen LogP contribution in [0.2, 0.25) is 0 Å². The normalized spacial score (nSPS) is 9.33. The number of hydrogen-bond donors (Lipinski definition) is 1. The van der Waals surface area contributed by atoms with Crippen LogP contribution in [0.25, 0.3) is 0 Å². The third-order valence-electron chi connectivity index (χ3n) is 2.60. The number of nitrogen functional groups attached to an aromatic ring is 1. The molecule has 0 aliphatic rings. The number of anilines is 2. The summed E-state index contributed by atoms with van der Waals surface area (Å²) in [5, 5.41) is 0. The summed E-state index contributed by atoms with van der Waals surface area (Å²) in [7, 11) is 4.10. The molecule has 0 amide bonds. The second-order valence-electron chi connectivity index (χ2n) is 4.64. The molecule has 0 unspecified atom stereocenters. The summed E-state index contributed by atoms with van der Waals surface area (Å²) in [6.45, 7) is 4.15. The standard InChI is InChI=1S/C9H13N.C7H9N/c1-8-5-4-6-9(7-8)10(2)3;1-6-2-4-7(8)5-3-6/h4-7H,1-3H3;2-5H,8H2,1H3. The van der Waals surface area contributed by atoms with Crippen molar-refractivity contribution < 1.29 is 0 Å². The quantitative estimate of drug-likeness (QED) is 0.774. The smallest absolute Gasteiger partial charge is 0.0363 e. The minimum Gasteiger partial charge on any atom is -0.399 e. The molecule has 0 saturated heterocycles. The summed E-state index contributed by atoms with van der Waals surface area (Å²) in [6, 6.07) is 16.2. The van der Waals surface area contributed by atoms with Crippen molar-refractivity contribution in [1.29, 1.82) is 0 Å². The Morgan fingerprint density at radius 1 is 0.833 bits per heavy atom. The summed E-state index contributed by atoms with van der Waals surface area (Å²) in [5.74, 6) is 0.